The second kappa shape index (κ2) is 6.08. The third-order valence-corrected chi connectivity index (χ3v) is 3.77. The number of aromatic nitrogens is 3. The Labute approximate surface area is 125 Å². The maximum Gasteiger partial charge on any atom is 0.224 e. The van der Waals surface area contributed by atoms with Gasteiger partial charge in [0.2, 0.25) is 5.91 Å². The SMILES string of the molecule is CC(CC(=O)Nc1ccc(-n2nccn2)cc1)C(C)(C)C. The number of amides is 1. The van der Waals surface area contributed by atoms with Gasteiger partial charge in [0.05, 0.1) is 18.1 Å². The maximum absolute atomic E-state index is 12.0. The Morgan fingerprint density at radius 2 is 1.76 bits per heavy atom. The lowest BCUT2D eigenvalue weighted by Crippen LogP contribution is -2.23. The van der Waals surface area contributed by atoms with Gasteiger partial charge in [0.15, 0.2) is 0 Å². The number of anilines is 1. The first-order chi connectivity index (χ1) is 9.86. The minimum Gasteiger partial charge on any atom is -0.326 e. The Hall–Kier alpha value is -2.17. The topological polar surface area (TPSA) is 59.8 Å². The van der Waals surface area contributed by atoms with E-state index < -0.39 is 0 Å². The quantitative estimate of drug-likeness (QED) is 0.938. The molecule has 1 heterocycles. The number of benzene rings is 1. The van der Waals surface area contributed by atoms with Gasteiger partial charge >= 0.3 is 0 Å². The molecule has 1 amide bonds. The summed E-state index contributed by atoms with van der Waals surface area (Å²) in [6, 6.07) is 7.47. The van der Waals surface area contributed by atoms with Crippen LogP contribution in [-0.4, -0.2) is 20.9 Å². The van der Waals surface area contributed by atoms with Gasteiger partial charge in [-0.2, -0.15) is 15.0 Å². The van der Waals surface area contributed by atoms with E-state index in [2.05, 4.69) is 43.2 Å². The van der Waals surface area contributed by atoms with E-state index in [1.165, 1.54) is 4.80 Å². The monoisotopic (exact) mass is 286 g/mol. The van der Waals surface area contributed by atoms with Crippen LogP contribution in [0.3, 0.4) is 0 Å². The van der Waals surface area contributed by atoms with Crippen LogP contribution in [0.25, 0.3) is 5.69 Å². The van der Waals surface area contributed by atoms with Crippen LogP contribution in [0.1, 0.15) is 34.1 Å². The fraction of sp³-hybridized carbons (Fsp3) is 0.438. The molecule has 0 spiro atoms. The van der Waals surface area contributed by atoms with E-state index in [1.807, 2.05) is 24.3 Å². The van der Waals surface area contributed by atoms with Crippen molar-refractivity contribution in [2.45, 2.75) is 34.1 Å². The molecular formula is C16H22N4O. The smallest absolute Gasteiger partial charge is 0.224 e. The van der Waals surface area contributed by atoms with Crippen LogP contribution in [-0.2, 0) is 4.79 Å². The Morgan fingerprint density at radius 1 is 1.19 bits per heavy atom. The number of nitrogens with one attached hydrogen (secondary N) is 1. The third kappa shape index (κ3) is 4.15. The lowest BCUT2D eigenvalue weighted by Gasteiger charge is -2.26. The van der Waals surface area contributed by atoms with E-state index in [9.17, 15) is 4.79 Å². The predicted octanol–water partition coefficient (Wildman–Crippen LogP) is 3.28. The number of carbonyl (C=O) groups is 1. The molecule has 0 aliphatic rings. The summed E-state index contributed by atoms with van der Waals surface area (Å²) in [6.07, 6.45) is 3.78. The summed E-state index contributed by atoms with van der Waals surface area (Å²) in [5.74, 6) is 0.368. The zero-order valence-corrected chi connectivity index (χ0v) is 13.0. The Kier molecular flexibility index (Phi) is 4.40. The second-order valence-electron chi connectivity index (χ2n) is 6.38. The summed E-state index contributed by atoms with van der Waals surface area (Å²) in [4.78, 5) is 13.6. The highest BCUT2D eigenvalue weighted by atomic mass is 16.1. The minimum absolute atomic E-state index is 0.0439. The van der Waals surface area contributed by atoms with Crippen LogP contribution in [0, 0.1) is 11.3 Å². The molecule has 5 nitrogen and oxygen atoms in total. The van der Waals surface area contributed by atoms with Crippen molar-refractivity contribution in [2.24, 2.45) is 11.3 Å². The molecule has 5 heteroatoms. The zero-order chi connectivity index (χ0) is 15.5. The average Bonchev–Trinajstić information content (AvgIpc) is 2.92. The number of hydrogen-bond acceptors (Lipinski definition) is 3. The van der Waals surface area contributed by atoms with Gasteiger partial charge < -0.3 is 5.32 Å². The summed E-state index contributed by atoms with van der Waals surface area (Å²) >= 11 is 0. The molecule has 1 aromatic carbocycles. The molecule has 0 fully saturated rings. The number of hydrogen-bond donors (Lipinski definition) is 1. The van der Waals surface area contributed by atoms with Gasteiger partial charge in [-0.25, -0.2) is 0 Å². The molecule has 112 valence electrons. The molecule has 2 aromatic rings. The van der Waals surface area contributed by atoms with Crippen molar-refractivity contribution >= 4 is 11.6 Å². The lowest BCUT2D eigenvalue weighted by atomic mass is 9.80. The Balaban J connectivity index is 1.96. The molecule has 0 saturated heterocycles. The number of nitrogens with zero attached hydrogens (tertiary/aromatic N) is 3. The minimum atomic E-state index is 0.0439. The van der Waals surface area contributed by atoms with Crippen molar-refractivity contribution in [3.63, 3.8) is 0 Å². The zero-order valence-electron chi connectivity index (χ0n) is 13.0. The van der Waals surface area contributed by atoms with Crippen molar-refractivity contribution in [2.75, 3.05) is 5.32 Å². The molecule has 21 heavy (non-hydrogen) atoms. The fourth-order valence-electron chi connectivity index (χ4n) is 1.82. The highest BCUT2D eigenvalue weighted by Gasteiger charge is 2.22. The summed E-state index contributed by atoms with van der Waals surface area (Å²) in [5.41, 5.74) is 1.78. The fourth-order valence-corrected chi connectivity index (χ4v) is 1.82. The van der Waals surface area contributed by atoms with E-state index >= 15 is 0 Å². The highest BCUT2D eigenvalue weighted by Crippen LogP contribution is 2.28. The lowest BCUT2D eigenvalue weighted by molar-refractivity contribution is -0.117. The van der Waals surface area contributed by atoms with E-state index in [0.717, 1.165) is 11.4 Å². The third-order valence-electron chi connectivity index (χ3n) is 3.77. The first kappa shape index (κ1) is 15.2. The summed E-state index contributed by atoms with van der Waals surface area (Å²) in [7, 11) is 0. The van der Waals surface area contributed by atoms with Gasteiger partial charge in [0.1, 0.15) is 0 Å². The molecule has 1 N–H and O–H groups in total. The highest BCUT2D eigenvalue weighted by molar-refractivity contribution is 5.90. The standard InChI is InChI=1S/C16H22N4O/c1-12(16(2,3)4)11-15(21)19-13-5-7-14(8-6-13)20-17-9-10-18-20/h5-10,12H,11H2,1-4H3,(H,19,21). The molecule has 0 radical (unpaired) electrons. The normalized spacial score (nSPS) is 13.0. The van der Waals surface area contributed by atoms with E-state index in [4.69, 9.17) is 0 Å². The van der Waals surface area contributed by atoms with Gasteiger partial charge in [-0.15, -0.1) is 0 Å². The molecule has 0 bridgehead atoms. The summed E-state index contributed by atoms with van der Waals surface area (Å²) < 4.78 is 0. The molecule has 0 aliphatic carbocycles. The van der Waals surface area contributed by atoms with Crippen LogP contribution in [0.4, 0.5) is 5.69 Å². The molecule has 1 aromatic heterocycles. The molecule has 0 aliphatic heterocycles. The van der Waals surface area contributed by atoms with Crippen LogP contribution in [0.5, 0.6) is 0 Å². The van der Waals surface area contributed by atoms with Crippen molar-refractivity contribution in [1.82, 2.24) is 15.0 Å². The van der Waals surface area contributed by atoms with Gasteiger partial charge in [0.25, 0.3) is 0 Å². The molecular weight excluding hydrogens is 264 g/mol. The number of rotatable bonds is 4. The predicted molar refractivity (Wildman–Crippen MR) is 83.2 cm³/mol. The Morgan fingerprint density at radius 3 is 2.29 bits per heavy atom. The number of carbonyl (C=O) groups excluding carboxylic acids is 1. The van der Waals surface area contributed by atoms with Gasteiger partial charge in [-0.1, -0.05) is 27.7 Å². The molecule has 1 atom stereocenters. The first-order valence-corrected chi connectivity index (χ1v) is 7.13. The average molecular weight is 286 g/mol. The second-order valence-corrected chi connectivity index (χ2v) is 6.38. The van der Waals surface area contributed by atoms with Crippen LogP contribution in [0.2, 0.25) is 0 Å². The van der Waals surface area contributed by atoms with Gasteiger partial charge in [0, 0.05) is 12.1 Å². The summed E-state index contributed by atoms with van der Waals surface area (Å²) in [5, 5.41) is 11.1. The van der Waals surface area contributed by atoms with E-state index in [-0.39, 0.29) is 11.3 Å². The van der Waals surface area contributed by atoms with Gasteiger partial charge in [-0.05, 0) is 35.6 Å². The van der Waals surface area contributed by atoms with E-state index in [0.29, 0.717) is 12.3 Å². The molecule has 0 saturated carbocycles. The first-order valence-electron chi connectivity index (χ1n) is 7.13. The van der Waals surface area contributed by atoms with Crippen molar-refractivity contribution in [3.05, 3.63) is 36.7 Å². The maximum atomic E-state index is 12.0. The van der Waals surface area contributed by atoms with Crippen LogP contribution in [0.15, 0.2) is 36.7 Å². The van der Waals surface area contributed by atoms with Crippen molar-refractivity contribution in [1.29, 1.82) is 0 Å². The van der Waals surface area contributed by atoms with Crippen LogP contribution >= 0.6 is 0 Å². The summed E-state index contributed by atoms with van der Waals surface area (Å²) in [6.45, 7) is 8.55. The largest absolute Gasteiger partial charge is 0.326 e. The molecule has 2 rings (SSSR count). The van der Waals surface area contributed by atoms with Crippen molar-refractivity contribution < 1.29 is 4.79 Å². The van der Waals surface area contributed by atoms with Gasteiger partial charge in [-0.3, -0.25) is 4.79 Å². The van der Waals surface area contributed by atoms with Crippen LogP contribution < -0.4 is 5.32 Å². The van der Waals surface area contributed by atoms with Crippen molar-refractivity contribution in [3.8, 4) is 5.69 Å². The molecule has 1 unspecified atom stereocenters. The Bertz CT molecular complexity index is 582. The van der Waals surface area contributed by atoms with E-state index in [1.54, 1.807) is 12.4 Å².